The molecule has 1 N–H and O–H groups in total. The van der Waals surface area contributed by atoms with Gasteiger partial charge in [0.1, 0.15) is 11.6 Å². The van der Waals surface area contributed by atoms with E-state index in [1.807, 2.05) is 0 Å². The lowest BCUT2D eigenvalue weighted by atomic mass is 10.1. The van der Waals surface area contributed by atoms with Crippen molar-refractivity contribution in [2.45, 2.75) is 18.5 Å². The Morgan fingerprint density at radius 2 is 1.80 bits per heavy atom. The molecule has 1 aliphatic rings. The van der Waals surface area contributed by atoms with Crippen LogP contribution < -0.4 is 10.1 Å². The second-order valence-corrected chi connectivity index (χ2v) is 5.89. The highest BCUT2D eigenvalue weighted by molar-refractivity contribution is 5.96. The van der Waals surface area contributed by atoms with Gasteiger partial charge in [-0.25, -0.2) is 4.39 Å². The summed E-state index contributed by atoms with van der Waals surface area (Å²) < 4.78 is 54.6. The number of benzene rings is 2. The van der Waals surface area contributed by atoms with E-state index in [0.717, 1.165) is 5.56 Å². The maximum Gasteiger partial charge on any atom is 0.422 e. The molecule has 1 fully saturated rings. The van der Waals surface area contributed by atoms with E-state index in [-0.39, 0.29) is 35.0 Å². The van der Waals surface area contributed by atoms with Crippen LogP contribution in [-0.2, 0) is 4.79 Å². The molecule has 2 aromatic rings. The van der Waals surface area contributed by atoms with Crippen LogP contribution in [0.1, 0.15) is 17.9 Å². The average Bonchev–Trinajstić information content (AvgIpc) is 3.35. The van der Waals surface area contributed by atoms with Crippen molar-refractivity contribution >= 4 is 11.6 Å². The van der Waals surface area contributed by atoms with Crippen molar-refractivity contribution in [3.63, 3.8) is 0 Å². The number of carbonyl (C=O) groups excluding carboxylic acids is 1. The minimum Gasteiger partial charge on any atom is -0.482 e. The van der Waals surface area contributed by atoms with Crippen LogP contribution in [-0.4, -0.2) is 18.7 Å². The molecule has 25 heavy (non-hydrogen) atoms. The first-order valence-electron chi connectivity index (χ1n) is 7.68. The average molecular weight is 353 g/mol. The molecule has 132 valence electrons. The monoisotopic (exact) mass is 353 g/mol. The number of carbonyl (C=O) groups is 1. The minimum atomic E-state index is -4.46. The van der Waals surface area contributed by atoms with Gasteiger partial charge in [-0.3, -0.25) is 4.79 Å². The molecule has 3 rings (SSSR count). The van der Waals surface area contributed by atoms with E-state index in [4.69, 9.17) is 4.74 Å². The quantitative estimate of drug-likeness (QED) is 0.804. The maximum atomic E-state index is 12.9. The van der Waals surface area contributed by atoms with Crippen molar-refractivity contribution < 1.29 is 27.1 Å². The molecular formula is C18H15F4NO2. The third-order valence-corrected chi connectivity index (χ3v) is 3.96. The first-order chi connectivity index (χ1) is 11.8. The van der Waals surface area contributed by atoms with Gasteiger partial charge < -0.3 is 10.1 Å². The van der Waals surface area contributed by atoms with Crippen molar-refractivity contribution in [3.05, 3.63) is 59.9 Å². The van der Waals surface area contributed by atoms with Gasteiger partial charge in [0.15, 0.2) is 6.61 Å². The zero-order chi connectivity index (χ0) is 18.0. The van der Waals surface area contributed by atoms with Gasteiger partial charge in [-0.1, -0.05) is 24.3 Å². The largest absolute Gasteiger partial charge is 0.482 e. The summed E-state index contributed by atoms with van der Waals surface area (Å²) in [6, 6.07) is 11.9. The predicted molar refractivity (Wildman–Crippen MR) is 83.9 cm³/mol. The lowest BCUT2D eigenvalue weighted by Gasteiger charge is -2.13. The van der Waals surface area contributed by atoms with E-state index in [1.165, 1.54) is 30.3 Å². The number of ether oxygens (including phenoxy) is 1. The standard InChI is InChI=1S/C18H15F4NO2/c19-12-7-5-11(6-8-12)13-9-14(13)17(24)23-15-3-1-2-4-16(15)25-10-18(20,21)22/h1-8,13-14H,9-10H2,(H,23,24). The van der Waals surface area contributed by atoms with Gasteiger partial charge in [-0.05, 0) is 42.2 Å². The van der Waals surface area contributed by atoms with Crippen LogP contribution in [0.5, 0.6) is 5.75 Å². The van der Waals surface area contributed by atoms with Crippen LogP contribution in [0.3, 0.4) is 0 Å². The third-order valence-electron chi connectivity index (χ3n) is 3.96. The molecule has 3 nitrogen and oxygen atoms in total. The second kappa shape index (κ2) is 6.74. The smallest absolute Gasteiger partial charge is 0.422 e. The molecule has 0 heterocycles. The van der Waals surface area contributed by atoms with E-state index >= 15 is 0 Å². The zero-order valence-electron chi connectivity index (χ0n) is 13.0. The fourth-order valence-corrected chi connectivity index (χ4v) is 2.64. The molecule has 2 atom stereocenters. The van der Waals surface area contributed by atoms with E-state index in [1.54, 1.807) is 18.2 Å². The Bertz CT molecular complexity index is 758. The Morgan fingerprint density at radius 1 is 1.12 bits per heavy atom. The van der Waals surface area contributed by atoms with Crippen LogP contribution in [0.25, 0.3) is 0 Å². The van der Waals surface area contributed by atoms with Gasteiger partial charge in [-0.2, -0.15) is 13.2 Å². The lowest BCUT2D eigenvalue weighted by Crippen LogP contribution is -2.20. The summed E-state index contributed by atoms with van der Waals surface area (Å²) in [5.41, 5.74) is 1.06. The SMILES string of the molecule is O=C(Nc1ccccc1OCC(F)(F)F)C1CC1c1ccc(F)cc1. The van der Waals surface area contributed by atoms with Gasteiger partial charge in [0.2, 0.25) is 5.91 Å². The number of rotatable bonds is 5. The van der Waals surface area contributed by atoms with Crippen LogP contribution >= 0.6 is 0 Å². The number of nitrogens with one attached hydrogen (secondary N) is 1. The molecule has 0 radical (unpaired) electrons. The topological polar surface area (TPSA) is 38.3 Å². The molecule has 0 aliphatic heterocycles. The lowest BCUT2D eigenvalue weighted by molar-refractivity contribution is -0.153. The highest BCUT2D eigenvalue weighted by atomic mass is 19.4. The van der Waals surface area contributed by atoms with Crippen molar-refractivity contribution in [1.29, 1.82) is 0 Å². The Balaban J connectivity index is 1.63. The van der Waals surface area contributed by atoms with E-state index in [9.17, 15) is 22.4 Å². The Morgan fingerprint density at radius 3 is 2.48 bits per heavy atom. The maximum absolute atomic E-state index is 12.9. The van der Waals surface area contributed by atoms with Crippen LogP contribution in [0.2, 0.25) is 0 Å². The number of hydrogen-bond donors (Lipinski definition) is 1. The highest BCUT2D eigenvalue weighted by Gasteiger charge is 2.44. The molecular weight excluding hydrogens is 338 g/mol. The van der Waals surface area contributed by atoms with Crippen LogP contribution in [0, 0.1) is 11.7 Å². The number of anilines is 1. The van der Waals surface area contributed by atoms with E-state index in [2.05, 4.69) is 5.32 Å². The van der Waals surface area contributed by atoms with Gasteiger partial charge in [-0.15, -0.1) is 0 Å². The molecule has 1 saturated carbocycles. The number of alkyl halides is 3. The zero-order valence-corrected chi connectivity index (χ0v) is 13.0. The molecule has 2 unspecified atom stereocenters. The van der Waals surface area contributed by atoms with Gasteiger partial charge >= 0.3 is 6.18 Å². The fourth-order valence-electron chi connectivity index (χ4n) is 2.64. The summed E-state index contributed by atoms with van der Waals surface area (Å²) in [5, 5.41) is 2.61. The molecule has 0 spiro atoms. The van der Waals surface area contributed by atoms with Crippen molar-refractivity contribution in [2.75, 3.05) is 11.9 Å². The van der Waals surface area contributed by atoms with Gasteiger partial charge in [0.25, 0.3) is 0 Å². The molecule has 0 saturated heterocycles. The van der Waals surface area contributed by atoms with Crippen molar-refractivity contribution in [1.82, 2.24) is 0 Å². The van der Waals surface area contributed by atoms with Crippen LogP contribution in [0.15, 0.2) is 48.5 Å². The molecule has 0 aromatic heterocycles. The Hall–Kier alpha value is -2.57. The number of hydrogen-bond acceptors (Lipinski definition) is 2. The molecule has 1 amide bonds. The Labute approximate surface area is 141 Å². The van der Waals surface area contributed by atoms with Crippen molar-refractivity contribution in [3.8, 4) is 5.75 Å². The summed E-state index contributed by atoms with van der Waals surface area (Å²) in [6.07, 6.45) is -3.84. The first-order valence-corrected chi connectivity index (χ1v) is 7.68. The summed E-state index contributed by atoms with van der Waals surface area (Å²) >= 11 is 0. The van der Waals surface area contributed by atoms with Gasteiger partial charge in [0, 0.05) is 5.92 Å². The predicted octanol–water partition coefficient (Wildman–Crippen LogP) is 4.51. The number of para-hydroxylation sites is 2. The van der Waals surface area contributed by atoms with Crippen LogP contribution in [0.4, 0.5) is 23.2 Å². The molecule has 7 heteroatoms. The van der Waals surface area contributed by atoms with Gasteiger partial charge in [0.05, 0.1) is 5.69 Å². The number of halogens is 4. The number of amides is 1. The molecule has 0 bridgehead atoms. The van der Waals surface area contributed by atoms with E-state index in [0.29, 0.717) is 6.42 Å². The molecule has 2 aromatic carbocycles. The Kier molecular flexibility index (Phi) is 4.65. The normalized spacial score (nSPS) is 19.4. The minimum absolute atomic E-state index is 0.0103. The first kappa shape index (κ1) is 17.3. The summed E-state index contributed by atoms with van der Waals surface area (Å²) in [6.45, 7) is -1.43. The highest BCUT2D eigenvalue weighted by Crippen LogP contribution is 2.48. The second-order valence-electron chi connectivity index (χ2n) is 5.89. The van der Waals surface area contributed by atoms with E-state index < -0.39 is 12.8 Å². The summed E-state index contributed by atoms with van der Waals surface area (Å²) in [7, 11) is 0. The fraction of sp³-hybridized carbons (Fsp3) is 0.278. The summed E-state index contributed by atoms with van der Waals surface area (Å²) in [4.78, 5) is 12.3. The van der Waals surface area contributed by atoms with Crippen molar-refractivity contribution in [2.24, 2.45) is 5.92 Å². The summed E-state index contributed by atoms with van der Waals surface area (Å²) in [5.74, 6) is -0.976. The molecule has 1 aliphatic carbocycles. The third kappa shape index (κ3) is 4.49.